The minimum absolute atomic E-state index is 0.0708. The normalized spacial score (nSPS) is 29.3. The number of carboxylic acids is 1. The Morgan fingerprint density at radius 3 is 2.75 bits per heavy atom. The van der Waals surface area contributed by atoms with Gasteiger partial charge in [0.25, 0.3) is 0 Å². The molecule has 114 valence electrons. The summed E-state index contributed by atoms with van der Waals surface area (Å²) in [6.45, 7) is 2.73. The Hall–Kier alpha value is -1.30. The molecule has 1 saturated carbocycles. The van der Waals surface area contributed by atoms with Crippen LogP contribution >= 0.6 is 0 Å². The van der Waals surface area contributed by atoms with E-state index in [2.05, 4.69) is 10.6 Å². The Morgan fingerprint density at radius 2 is 2.05 bits per heavy atom. The lowest BCUT2D eigenvalue weighted by atomic mass is 9.96. The van der Waals surface area contributed by atoms with E-state index in [1.54, 1.807) is 0 Å². The Balaban J connectivity index is 1.58. The molecular formula is C14H24N2O4. The summed E-state index contributed by atoms with van der Waals surface area (Å²) < 4.78 is 5.28. The minimum atomic E-state index is -0.740. The number of hydrogen-bond donors (Lipinski definition) is 3. The van der Waals surface area contributed by atoms with Crippen LogP contribution in [0.4, 0.5) is 4.79 Å². The van der Waals surface area contributed by atoms with Gasteiger partial charge in [0, 0.05) is 26.3 Å². The molecule has 1 aliphatic heterocycles. The van der Waals surface area contributed by atoms with Crippen molar-refractivity contribution < 1.29 is 19.4 Å². The monoisotopic (exact) mass is 284 g/mol. The number of nitrogens with one attached hydrogen (secondary N) is 2. The molecule has 2 fully saturated rings. The third-order valence-corrected chi connectivity index (χ3v) is 4.36. The highest BCUT2D eigenvalue weighted by molar-refractivity contribution is 5.74. The van der Waals surface area contributed by atoms with Gasteiger partial charge < -0.3 is 20.5 Å². The molecule has 3 N–H and O–H groups in total. The Kier molecular flexibility index (Phi) is 5.64. The Bertz CT molecular complexity index is 342. The van der Waals surface area contributed by atoms with E-state index in [-0.39, 0.29) is 17.9 Å². The van der Waals surface area contributed by atoms with Crippen molar-refractivity contribution in [2.75, 3.05) is 26.3 Å². The minimum Gasteiger partial charge on any atom is -0.481 e. The summed E-state index contributed by atoms with van der Waals surface area (Å²) in [5.74, 6) is -0.412. The van der Waals surface area contributed by atoms with Gasteiger partial charge in [0.05, 0.1) is 5.92 Å². The van der Waals surface area contributed by atoms with Gasteiger partial charge in [-0.3, -0.25) is 4.79 Å². The quantitative estimate of drug-likeness (QED) is 0.684. The van der Waals surface area contributed by atoms with Crippen LogP contribution in [0.5, 0.6) is 0 Å². The average Bonchev–Trinajstić information content (AvgIpc) is 3.07. The number of carbonyl (C=O) groups excluding carboxylic acids is 1. The largest absolute Gasteiger partial charge is 0.481 e. The van der Waals surface area contributed by atoms with Gasteiger partial charge in [0.15, 0.2) is 0 Å². The molecule has 0 radical (unpaired) electrons. The van der Waals surface area contributed by atoms with Crippen LogP contribution in [-0.2, 0) is 9.53 Å². The number of amides is 2. The molecule has 0 aromatic heterocycles. The fraction of sp³-hybridized carbons (Fsp3) is 0.857. The molecule has 6 nitrogen and oxygen atoms in total. The third kappa shape index (κ3) is 4.37. The van der Waals surface area contributed by atoms with Gasteiger partial charge in [0.1, 0.15) is 0 Å². The van der Waals surface area contributed by atoms with Gasteiger partial charge in [-0.1, -0.05) is 6.42 Å². The summed E-state index contributed by atoms with van der Waals surface area (Å²) in [5.41, 5.74) is 0. The van der Waals surface area contributed by atoms with Gasteiger partial charge >= 0.3 is 12.0 Å². The number of rotatable bonds is 6. The maximum atomic E-state index is 11.6. The molecule has 3 atom stereocenters. The summed E-state index contributed by atoms with van der Waals surface area (Å²) in [5, 5.41) is 14.7. The molecule has 1 heterocycles. The topological polar surface area (TPSA) is 87.7 Å². The van der Waals surface area contributed by atoms with E-state index >= 15 is 0 Å². The lowest BCUT2D eigenvalue weighted by Gasteiger charge is -2.17. The molecular weight excluding hydrogens is 260 g/mol. The van der Waals surface area contributed by atoms with E-state index in [9.17, 15) is 9.59 Å². The first-order valence-electron chi connectivity index (χ1n) is 7.49. The van der Waals surface area contributed by atoms with E-state index in [0.717, 1.165) is 45.3 Å². The molecule has 0 spiro atoms. The second-order valence-corrected chi connectivity index (χ2v) is 5.79. The van der Waals surface area contributed by atoms with E-state index in [4.69, 9.17) is 9.84 Å². The number of ether oxygens (including phenoxy) is 1. The molecule has 2 aliphatic rings. The summed E-state index contributed by atoms with van der Waals surface area (Å²) in [4.78, 5) is 22.7. The van der Waals surface area contributed by atoms with Gasteiger partial charge in [-0.2, -0.15) is 0 Å². The van der Waals surface area contributed by atoms with Crippen molar-refractivity contribution in [3.63, 3.8) is 0 Å². The highest BCUT2D eigenvalue weighted by Crippen LogP contribution is 2.31. The van der Waals surface area contributed by atoms with Gasteiger partial charge in [0.2, 0.25) is 0 Å². The summed E-state index contributed by atoms with van der Waals surface area (Å²) in [6, 6.07) is -0.194. The first-order chi connectivity index (χ1) is 9.66. The van der Waals surface area contributed by atoms with Crippen LogP contribution in [0.25, 0.3) is 0 Å². The number of urea groups is 1. The van der Waals surface area contributed by atoms with Crippen molar-refractivity contribution in [2.24, 2.45) is 17.8 Å². The molecule has 0 bridgehead atoms. The molecule has 2 rings (SSSR count). The van der Waals surface area contributed by atoms with Crippen molar-refractivity contribution in [1.82, 2.24) is 10.6 Å². The van der Waals surface area contributed by atoms with Crippen LogP contribution in [0, 0.1) is 17.8 Å². The van der Waals surface area contributed by atoms with Crippen molar-refractivity contribution in [3.05, 3.63) is 0 Å². The number of carbonyl (C=O) groups is 2. The van der Waals surface area contributed by atoms with E-state index in [1.165, 1.54) is 0 Å². The SMILES string of the molecule is O=C(NCCC1CCOC1)NCC1CCCC1C(=O)O. The van der Waals surface area contributed by atoms with Crippen LogP contribution in [-0.4, -0.2) is 43.4 Å². The standard InChI is InChI=1S/C14H24N2O4/c17-13(18)12-3-1-2-11(12)8-16-14(19)15-6-4-10-5-7-20-9-10/h10-12H,1-9H2,(H,17,18)(H2,15,16,19). The zero-order valence-corrected chi connectivity index (χ0v) is 11.8. The highest BCUT2D eigenvalue weighted by Gasteiger charge is 2.32. The molecule has 0 aromatic carbocycles. The van der Waals surface area contributed by atoms with E-state index < -0.39 is 5.97 Å². The number of aliphatic carboxylic acids is 1. The number of carboxylic acid groups (broad SMARTS) is 1. The average molecular weight is 284 g/mol. The van der Waals surface area contributed by atoms with Crippen molar-refractivity contribution in [2.45, 2.75) is 32.1 Å². The van der Waals surface area contributed by atoms with Crippen LogP contribution in [0.2, 0.25) is 0 Å². The zero-order valence-electron chi connectivity index (χ0n) is 11.8. The zero-order chi connectivity index (χ0) is 14.4. The van der Waals surface area contributed by atoms with Gasteiger partial charge in [-0.25, -0.2) is 4.79 Å². The lowest BCUT2D eigenvalue weighted by molar-refractivity contribution is -0.142. The third-order valence-electron chi connectivity index (χ3n) is 4.36. The van der Waals surface area contributed by atoms with Crippen LogP contribution in [0.3, 0.4) is 0 Å². The maximum Gasteiger partial charge on any atom is 0.314 e. The number of hydrogen-bond acceptors (Lipinski definition) is 3. The van der Waals surface area contributed by atoms with Gasteiger partial charge in [-0.15, -0.1) is 0 Å². The summed E-state index contributed by atoms with van der Waals surface area (Å²) >= 11 is 0. The van der Waals surface area contributed by atoms with Crippen LogP contribution < -0.4 is 10.6 Å². The molecule has 2 amide bonds. The first-order valence-corrected chi connectivity index (χ1v) is 7.49. The summed E-state index contributed by atoms with van der Waals surface area (Å²) in [7, 11) is 0. The predicted molar refractivity (Wildman–Crippen MR) is 73.4 cm³/mol. The molecule has 3 unspecified atom stereocenters. The van der Waals surface area contributed by atoms with Crippen LogP contribution in [0.15, 0.2) is 0 Å². The Labute approximate surface area is 119 Å². The van der Waals surface area contributed by atoms with Gasteiger partial charge in [-0.05, 0) is 37.5 Å². The molecule has 0 aromatic rings. The second-order valence-electron chi connectivity index (χ2n) is 5.79. The van der Waals surface area contributed by atoms with Crippen molar-refractivity contribution in [3.8, 4) is 0 Å². The van der Waals surface area contributed by atoms with Crippen LogP contribution in [0.1, 0.15) is 32.1 Å². The highest BCUT2D eigenvalue weighted by atomic mass is 16.5. The van der Waals surface area contributed by atoms with E-state index in [0.29, 0.717) is 19.0 Å². The summed E-state index contributed by atoms with van der Waals surface area (Å²) in [6.07, 6.45) is 4.56. The molecule has 1 aliphatic carbocycles. The van der Waals surface area contributed by atoms with Crippen molar-refractivity contribution >= 4 is 12.0 Å². The first kappa shape index (κ1) is 15.1. The van der Waals surface area contributed by atoms with Crippen molar-refractivity contribution in [1.29, 1.82) is 0 Å². The second kappa shape index (κ2) is 7.47. The molecule has 20 heavy (non-hydrogen) atoms. The fourth-order valence-electron chi connectivity index (χ4n) is 3.09. The lowest BCUT2D eigenvalue weighted by Crippen LogP contribution is -2.40. The molecule has 1 saturated heterocycles. The fourth-order valence-corrected chi connectivity index (χ4v) is 3.09. The smallest absolute Gasteiger partial charge is 0.314 e. The predicted octanol–water partition coefficient (Wildman–Crippen LogP) is 1.21. The van der Waals surface area contributed by atoms with E-state index in [1.807, 2.05) is 0 Å². The molecule has 6 heteroatoms. The Morgan fingerprint density at radius 1 is 1.20 bits per heavy atom. The maximum absolute atomic E-state index is 11.6.